The summed E-state index contributed by atoms with van der Waals surface area (Å²) in [7, 11) is 0. The van der Waals surface area contributed by atoms with Gasteiger partial charge in [-0.2, -0.15) is 0 Å². The largest absolute Gasteiger partial charge is 0.478 e. The Bertz CT molecular complexity index is 419. The van der Waals surface area contributed by atoms with Crippen LogP contribution in [0.25, 0.3) is 9.75 Å². The van der Waals surface area contributed by atoms with Crippen LogP contribution in [0.15, 0.2) is 23.7 Å². The van der Waals surface area contributed by atoms with E-state index in [4.69, 9.17) is 5.11 Å². The second-order valence-corrected chi connectivity index (χ2v) is 4.13. The predicted molar refractivity (Wildman–Crippen MR) is 52.4 cm³/mol. The molecule has 2 heterocycles. The number of carboxylic acids is 1. The predicted octanol–water partition coefficient (Wildman–Crippen LogP) is 2.57. The fourth-order valence-electron chi connectivity index (χ4n) is 0.920. The molecule has 1 N–H and O–H groups in total. The van der Waals surface area contributed by atoms with E-state index in [-0.39, 0.29) is 0 Å². The van der Waals surface area contributed by atoms with E-state index < -0.39 is 5.97 Å². The average molecular weight is 211 g/mol. The number of thiophene rings is 1. The lowest BCUT2D eigenvalue weighted by Crippen LogP contribution is -1.91. The van der Waals surface area contributed by atoms with E-state index in [1.165, 1.54) is 22.9 Å². The average Bonchev–Trinajstić information content (AvgIpc) is 2.75. The van der Waals surface area contributed by atoms with Gasteiger partial charge in [0.2, 0.25) is 0 Å². The van der Waals surface area contributed by atoms with Crippen LogP contribution in [0.1, 0.15) is 10.4 Å². The number of aromatic nitrogens is 1. The molecule has 0 spiro atoms. The van der Waals surface area contributed by atoms with Gasteiger partial charge in [0, 0.05) is 16.5 Å². The maximum absolute atomic E-state index is 10.6. The van der Waals surface area contributed by atoms with Crippen LogP contribution in [0.2, 0.25) is 0 Å². The molecule has 0 bridgehead atoms. The highest BCUT2D eigenvalue weighted by Gasteiger charge is 2.08. The van der Waals surface area contributed by atoms with Gasteiger partial charge >= 0.3 is 5.97 Å². The minimum Gasteiger partial charge on any atom is -0.478 e. The summed E-state index contributed by atoms with van der Waals surface area (Å²) in [5.74, 6) is -0.882. The number of carbonyl (C=O) groups is 1. The van der Waals surface area contributed by atoms with Crippen LogP contribution in [0.5, 0.6) is 0 Å². The minimum atomic E-state index is -0.882. The van der Waals surface area contributed by atoms with E-state index in [9.17, 15) is 4.79 Å². The molecule has 0 aromatic carbocycles. The lowest BCUT2D eigenvalue weighted by atomic mass is 10.3. The van der Waals surface area contributed by atoms with E-state index >= 15 is 0 Å². The first-order valence-corrected chi connectivity index (χ1v) is 5.15. The maximum atomic E-state index is 10.6. The highest BCUT2D eigenvalue weighted by Crippen LogP contribution is 2.29. The van der Waals surface area contributed by atoms with Gasteiger partial charge in [-0.25, -0.2) is 9.17 Å². The van der Waals surface area contributed by atoms with Crippen LogP contribution in [0, 0.1) is 0 Å². The first-order chi connectivity index (χ1) is 6.27. The Morgan fingerprint density at radius 2 is 2.31 bits per heavy atom. The zero-order valence-corrected chi connectivity index (χ0v) is 8.06. The number of hydrogen-bond donors (Lipinski definition) is 1. The maximum Gasteiger partial charge on any atom is 0.336 e. The lowest BCUT2D eigenvalue weighted by molar-refractivity contribution is 0.0697. The number of aromatic carboxylic acids is 1. The van der Waals surface area contributed by atoms with Crippen LogP contribution in [-0.4, -0.2) is 15.4 Å². The molecule has 66 valence electrons. The van der Waals surface area contributed by atoms with Gasteiger partial charge in [0.25, 0.3) is 0 Å². The molecule has 0 amide bonds. The van der Waals surface area contributed by atoms with Crippen LogP contribution in [-0.2, 0) is 0 Å². The third kappa shape index (κ3) is 1.61. The second-order valence-electron chi connectivity index (χ2n) is 2.38. The Balaban J connectivity index is 2.39. The molecule has 5 heteroatoms. The number of hydrogen-bond acceptors (Lipinski definition) is 4. The third-order valence-corrected chi connectivity index (χ3v) is 3.40. The molecule has 3 nitrogen and oxygen atoms in total. The molecule has 0 unspecified atom stereocenters. The van der Waals surface area contributed by atoms with Crippen molar-refractivity contribution in [1.29, 1.82) is 0 Å². The summed E-state index contributed by atoms with van der Waals surface area (Å²) in [6, 6.07) is 3.54. The van der Waals surface area contributed by atoms with Gasteiger partial charge in [0.15, 0.2) is 0 Å². The van der Waals surface area contributed by atoms with Gasteiger partial charge in [-0.15, -0.1) is 11.3 Å². The number of rotatable bonds is 2. The van der Waals surface area contributed by atoms with Gasteiger partial charge in [0.1, 0.15) is 0 Å². The van der Waals surface area contributed by atoms with Crippen molar-refractivity contribution in [3.05, 3.63) is 29.3 Å². The normalized spacial score (nSPS) is 10.2. The van der Waals surface area contributed by atoms with Crippen molar-refractivity contribution in [2.75, 3.05) is 0 Å². The van der Waals surface area contributed by atoms with Crippen LogP contribution < -0.4 is 0 Å². The van der Waals surface area contributed by atoms with Gasteiger partial charge < -0.3 is 5.11 Å². The molecule has 0 aliphatic rings. The fourth-order valence-corrected chi connectivity index (χ4v) is 2.48. The Labute approximate surface area is 82.5 Å². The quantitative estimate of drug-likeness (QED) is 0.830. The van der Waals surface area contributed by atoms with Gasteiger partial charge in [-0.3, -0.25) is 0 Å². The minimum absolute atomic E-state index is 0.341. The topological polar surface area (TPSA) is 50.2 Å². The Hall–Kier alpha value is -1.20. The van der Waals surface area contributed by atoms with Crippen molar-refractivity contribution < 1.29 is 9.90 Å². The third-order valence-electron chi connectivity index (χ3n) is 1.53. The SMILES string of the molecule is O=C(O)c1csc(-c2ccns2)c1. The first kappa shape index (κ1) is 8.40. The van der Waals surface area contributed by atoms with E-state index in [2.05, 4.69) is 4.37 Å². The summed E-state index contributed by atoms with van der Waals surface area (Å²) in [5.41, 5.74) is 0.341. The van der Waals surface area contributed by atoms with Crippen molar-refractivity contribution >= 4 is 28.8 Å². The van der Waals surface area contributed by atoms with Gasteiger partial charge in [0.05, 0.1) is 10.4 Å². The van der Waals surface area contributed by atoms with Crippen molar-refractivity contribution in [3.63, 3.8) is 0 Å². The molecular weight excluding hydrogens is 206 g/mol. The number of nitrogens with zero attached hydrogens (tertiary/aromatic N) is 1. The molecule has 2 aromatic heterocycles. The molecule has 2 rings (SSSR count). The highest BCUT2D eigenvalue weighted by molar-refractivity contribution is 7.18. The lowest BCUT2D eigenvalue weighted by Gasteiger charge is -1.85. The van der Waals surface area contributed by atoms with E-state index in [0.717, 1.165) is 9.75 Å². The summed E-state index contributed by atoms with van der Waals surface area (Å²) in [4.78, 5) is 12.5. The zero-order chi connectivity index (χ0) is 9.26. The van der Waals surface area contributed by atoms with E-state index in [1.807, 2.05) is 6.07 Å². The molecule has 0 aliphatic carbocycles. The van der Waals surface area contributed by atoms with Gasteiger partial charge in [-0.1, -0.05) is 0 Å². The molecule has 0 atom stereocenters. The van der Waals surface area contributed by atoms with Crippen LogP contribution >= 0.6 is 22.9 Å². The van der Waals surface area contributed by atoms with Crippen molar-refractivity contribution in [1.82, 2.24) is 4.37 Å². The zero-order valence-electron chi connectivity index (χ0n) is 6.43. The summed E-state index contributed by atoms with van der Waals surface area (Å²) in [6.07, 6.45) is 1.71. The summed E-state index contributed by atoms with van der Waals surface area (Å²) < 4.78 is 3.95. The molecule has 0 saturated heterocycles. The molecule has 2 aromatic rings. The Morgan fingerprint density at radius 3 is 2.85 bits per heavy atom. The smallest absolute Gasteiger partial charge is 0.336 e. The summed E-state index contributed by atoms with van der Waals surface area (Å²) in [6.45, 7) is 0. The number of carboxylic acid groups (broad SMARTS) is 1. The molecule has 13 heavy (non-hydrogen) atoms. The monoisotopic (exact) mass is 211 g/mol. The molecule has 0 radical (unpaired) electrons. The van der Waals surface area contributed by atoms with Gasteiger partial charge in [-0.05, 0) is 23.7 Å². The van der Waals surface area contributed by atoms with Crippen LogP contribution in [0.4, 0.5) is 0 Å². The van der Waals surface area contributed by atoms with E-state index in [1.54, 1.807) is 17.6 Å². The van der Waals surface area contributed by atoms with Crippen molar-refractivity contribution in [3.8, 4) is 9.75 Å². The Kier molecular flexibility index (Phi) is 2.12. The highest BCUT2D eigenvalue weighted by atomic mass is 32.1. The molecular formula is C8H5NO2S2. The fraction of sp³-hybridized carbons (Fsp3) is 0. The van der Waals surface area contributed by atoms with Crippen LogP contribution in [0.3, 0.4) is 0 Å². The molecule has 0 fully saturated rings. The summed E-state index contributed by atoms with van der Waals surface area (Å²) >= 11 is 2.79. The first-order valence-electron chi connectivity index (χ1n) is 3.50. The van der Waals surface area contributed by atoms with E-state index in [0.29, 0.717) is 5.56 Å². The standard InChI is InChI=1S/C8H5NO2S2/c10-8(11)5-3-7(12-4-5)6-1-2-9-13-6/h1-4H,(H,10,11). The summed E-state index contributed by atoms with van der Waals surface area (Å²) in [5, 5.41) is 10.3. The van der Waals surface area contributed by atoms with Crippen molar-refractivity contribution in [2.45, 2.75) is 0 Å². The van der Waals surface area contributed by atoms with Crippen molar-refractivity contribution in [2.24, 2.45) is 0 Å². The second kappa shape index (κ2) is 3.27. The molecule has 0 aliphatic heterocycles. The Morgan fingerprint density at radius 1 is 1.46 bits per heavy atom. The molecule has 0 saturated carbocycles.